The SMILES string of the molecule is C1CNCCN1.C1CNCCN1.OC(C(F)(F)F)C(F)(F)F.OC(C(F)(F)F)C(F)(F)F.OC(C(F)(F)F)C(F)(F)F.OC(C(F)(F)F)C(F)(F)F. The third-order valence-corrected chi connectivity index (χ3v) is 4.39. The summed E-state index contributed by atoms with van der Waals surface area (Å²) in [7, 11) is 0. The van der Waals surface area contributed by atoms with Crippen molar-refractivity contribution in [3.05, 3.63) is 0 Å². The average molecular weight is 844 g/mol. The molecule has 0 aromatic rings. The summed E-state index contributed by atoms with van der Waals surface area (Å²) < 4.78 is 263. The number of hydrogen-bond acceptors (Lipinski definition) is 8. The Morgan fingerprint density at radius 3 is 0.327 bits per heavy atom. The lowest BCUT2D eigenvalue weighted by molar-refractivity contribution is -0.309. The van der Waals surface area contributed by atoms with Gasteiger partial charge in [-0.25, -0.2) is 0 Å². The molecular weight excluding hydrogens is 816 g/mol. The fourth-order valence-corrected chi connectivity index (χ4v) is 1.95. The van der Waals surface area contributed by atoms with Gasteiger partial charge in [-0.2, -0.15) is 105 Å². The van der Waals surface area contributed by atoms with Gasteiger partial charge < -0.3 is 41.7 Å². The van der Waals surface area contributed by atoms with Gasteiger partial charge >= 0.3 is 49.4 Å². The molecule has 0 aliphatic carbocycles. The molecule has 52 heavy (non-hydrogen) atoms. The molecular formula is C20H28F24N4O4. The number of nitrogens with one attached hydrogen (secondary N) is 4. The van der Waals surface area contributed by atoms with Crippen LogP contribution in [0.25, 0.3) is 0 Å². The molecule has 0 spiro atoms. The van der Waals surface area contributed by atoms with Crippen LogP contribution < -0.4 is 21.3 Å². The molecule has 320 valence electrons. The first-order valence-corrected chi connectivity index (χ1v) is 12.7. The van der Waals surface area contributed by atoms with Crippen molar-refractivity contribution in [3.8, 4) is 0 Å². The van der Waals surface area contributed by atoms with E-state index >= 15 is 0 Å². The lowest BCUT2D eigenvalue weighted by Gasteiger charge is -2.16. The molecule has 0 unspecified atom stereocenters. The second-order valence-corrected chi connectivity index (χ2v) is 8.94. The Kier molecular flexibility index (Phi) is 25.1. The van der Waals surface area contributed by atoms with Gasteiger partial charge in [0.1, 0.15) is 0 Å². The lowest BCUT2D eigenvalue weighted by Crippen LogP contribution is -2.41. The normalized spacial score (nSPS) is 16.6. The number of aliphatic hydroxyl groups is 4. The summed E-state index contributed by atoms with van der Waals surface area (Å²) in [5.74, 6) is 0. The highest BCUT2D eigenvalue weighted by Crippen LogP contribution is 2.35. The summed E-state index contributed by atoms with van der Waals surface area (Å²) in [5, 5.41) is 42.8. The second-order valence-electron chi connectivity index (χ2n) is 8.94. The highest BCUT2D eigenvalue weighted by molar-refractivity contribution is 4.74. The van der Waals surface area contributed by atoms with Gasteiger partial charge in [-0.1, -0.05) is 0 Å². The zero-order valence-corrected chi connectivity index (χ0v) is 24.8. The second kappa shape index (κ2) is 23.0. The summed E-state index contributed by atoms with van der Waals surface area (Å²) in [4.78, 5) is 0. The van der Waals surface area contributed by atoms with Crippen molar-refractivity contribution >= 4 is 0 Å². The third-order valence-electron chi connectivity index (χ3n) is 4.39. The van der Waals surface area contributed by atoms with E-state index in [2.05, 4.69) is 21.3 Å². The molecule has 2 heterocycles. The predicted molar refractivity (Wildman–Crippen MR) is 124 cm³/mol. The van der Waals surface area contributed by atoms with E-state index < -0.39 is 73.8 Å². The molecule has 0 bridgehead atoms. The van der Waals surface area contributed by atoms with E-state index in [1.165, 1.54) is 0 Å². The van der Waals surface area contributed by atoms with Crippen LogP contribution in [0.4, 0.5) is 105 Å². The minimum absolute atomic E-state index is 1.14. The topological polar surface area (TPSA) is 129 Å². The van der Waals surface area contributed by atoms with Gasteiger partial charge in [0.05, 0.1) is 0 Å². The van der Waals surface area contributed by atoms with Crippen LogP contribution >= 0.6 is 0 Å². The first-order chi connectivity index (χ1) is 22.6. The van der Waals surface area contributed by atoms with Gasteiger partial charge in [0.25, 0.3) is 0 Å². The molecule has 0 radical (unpaired) electrons. The molecule has 32 heteroatoms. The number of halogens is 24. The number of alkyl halides is 24. The zero-order chi connectivity index (χ0) is 42.8. The minimum Gasteiger partial charge on any atom is -0.377 e. The van der Waals surface area contributed by atoms with Crippen molar-refractivity contribution in [1.29, 1.82) is 0 Å². The Bertz CT molecular complexity index is 677. The number of aliphatic hydroxyl groups excluding tert-OH is 4. The Morgan fingerprint density at radius 1 is 0.231 bits per heavy atom. The quantitative estimate of drug-likeness (QED) is 0.170. The van der Waals surface area contributed by atoms with Crippen LogP contribution in [-0.2, 0) is 0 Å². The number of piperazine rings is 2. The standard InChI is InChI=1S/2C4H10N2.4C3H2F6O/c2*1-2-6-4-3-5-1;4*4-2(5,6)1(10)3(7,8)9/h2*5-6H,1-4H2;4*1,10H. The van der Waals surface area contributed by atoms with E-state index in [0.717, 1.165) is 52.4 Å². The molecule has 2 saturated heterocycles. The summed E-state index contributed by atoms with van der Waals surface area (Å²) in [6.45, 7) is 9.11. The van der Waals surface area contributed by atoms with Crippen molar-refractivity contribution in [1.82, 2.24) is 21.3 Å². The van der Waals surface area contributed by atoms with E-state index in [4.69, 9.17) is 20.4 Å². The molecule has 0 aromatic heterocycles. The molecule has 0 saturated carbocycles. The van der Waals surface area contributed by atoms with Crippen molar-refractivity contribution in [2.24, 2.45) is 0 Å². The fourth-order valence-electron chi connectivity index (χ4n) is 1.95. The van der Waals surface area contributed by atoms with Crippen LogP contribution in [-0.4, -0.2) is 147 Å². The maximum Gasteiger partial charge on any atom is 0.423 e. The maximum absolute atomic E-state index is 11.0. The molecule has 8 nitrogen and oxygen atoms in total. The first kappa shape index (κ1) is 56.7. The lowest BCUT2D eigenvalue weighted by atomic mass is 10.3. The van der Waals surface area contributed by atoms with Crippen molar-refractivity contribution in [3.63, 3.8) is 0 Å². The van der Waals surface area contributed by atoms with E-state index in [9.17, 15) is 105 Å². The van der Waals surface area contributed by atoms with Crippen molar-refractivity contribution in [2.75, 3.05) is 52.4 Å². The molecule has 0 atom stereocenters. The third kappa shape index (κ3) is 31.5. The van der Waals surface area contributed by atoms with Gasteiger partial charge in [-0.15, -0.1) is 0 Å². The van der Waals surface area contributed by atoms with Crippen LogP contribution in [0, 0.1) is 0 Å². The maximum atomic E-state index is 11.0. The highest BCUT2D eigenvalue weighted by atomic mass is 19.4. The monoisotopic (exact) mass is 844 g/mol. The van der Waals surface area contributed by atoms with Crippen LogP contribution in [0.1, 0.15) is 0 Å². The number of rotatable bonds is 0. The van der Waals surface area contributed by atoms with Gasteiger partial charge in [0, 0.05) is 52.4 Å². The van der Waals surface area contributed by atoms with Gasteiger partial charge in [-0.05, 0) is 0 Å². The molecule has 8 N–H and O–H groups in total. The van der Waals surface area contributed by atoms with E-state index in [0.29, 0.717) is 0 Å². The fraction of sp³-hybridized carbons (Fsp3) is 1.00. The van der Waals surface area contributed by atoms with Crippen LogP contribution in [0.3, 0.4) is 0 Å². The summed E-state index contributed by atoms with van der Waals surface area (Å²) in [6.07, 6.45) is -62.0. The van der Waals surface area contributed by atoms with E-state index in [1.54, 1.807) is 0 Å². The number of hydrogen-bond donors (Lipinski definition) is 8. The van der Waals surface area contributed by atoms with Crippen molar-refractivity contribution in [2.45, 2.75) is 73.8 Å². The van der Waals surface area contributed by atoms with Gasteiger partial charge in [0.15, 0.2) is 0 Å². The van der Waals surface area contributed by atoms with Crippen LogP contribution in [0.15, 0.2) is 0 Å². The predicted octanol–water partition coefficient (Wildman–Crippen LogP) is 4.25. The Balaban J connectivity index is -0.000000268. The molecule has 0 aromatic carbocycles. The minimum atomic E-state index is -5.63. The van der Waals surface area contributed by atoms with Crippen LogP contribution in [0.2, 0.25) is 0 Å². The molecule has 2 aliphatic rings. The van der Waals surface area contributed by atoms with E-state index in [1.807, 2.05) is 0 Å². The largest absolute Gasteiger partial charge is 0.423 e. The summed E-state index contributed by atoms with van der Waals surface area (Å²) in [6, 6.07) is 0. The van der Waals surface area contributed by atoms with Crippen molar-refractivity contribution < 1.29 is 126 Å². The summed E-state index contributed by atoms with van der Waals surface area (Å²) in [5.41, 5.74) is 0. The molecule has 2 fully saturated rings. The van der Waals surface area contributed by atoms with Gasteiger partial charge in [0.2, 0.25) is 24.4 Å². The first-order valence-electron chi connectivity index (χ1n) is 12.7. The Morgan fingerprint density at radius 2 is 0.308 bits per heavy atom. The summed E-state index contributed by atoms with van der Waals surface area (Å²) >= 11 is 0. The Hall–Kier alpha value is -2.00. The Labute approximate surface area is 274 Å². The average Bonchev–Trinajstić information content (AvgIpc) is 2.95. The molecule has 2 rings (SSSR count). The highest BCUT2D eigenvalue weighted by Gasteiger charge is 2.58. The van der Waals surface area contributed by atoms with Gasteiger partial charge in [-0.3, -0.25) is 0 Å². The molecule has 0 amide bonds. The zero-order valence-electron chi connectivity index (χ0n) is 24.8. The molecule has 2 aliphatic heterocycles. The van der Waals surface area contributed by atoms with Crippen LogP contribution in [0.5, 0.6) is 0 Å². The smallest absolute Gasteiger partial charge is 0.377 e. The van der Waals surface area contributed by atoms with E-state index in [-0.39, 0.29) is 0 Å².